The summed E-state index contributed by atoms with van der Waals surface area (Å²) in [5.41, 5.74) is 4.12. The Bertz CT molecular complexity index is 1610. The van der Waals surface area contributed by atoms with E-state index in [1.807, 2.05) is 30.3 Å². The molecule has 220 valence electrons. The van der Waals surface area contributed by atoms with Gasteiger partial charge in [0, 0.05) is 16.7 Å². The van der Waals surface area contributed by atoms with Crippen LogP contribution < -0.4 is 10.1 Å². The van der Waals surface area contributed by atoms with Crippen molar-refractivity contribution in [2.24, 2.45) is 17.8 Å². The number of fused-ring (bicyclic) bond motifs is 1. The number of aromatic amines is 1. The van der Waals surface area contributed by atoms with Crippen LogP contribution in [0.2, 0.25) is 5.02 Å². The fourth-order valence-electron chi connectivity index (χ4n) is 8.12. The van der Waals surface area contributed by atoms with Gasteiger partial charge >= 0.3 is 0 Å². The van der Waals surface area contributed by atoms with Crippen molar-refractivity contribution in [3.05, 3.63) is 58.7 Å². The monoisotopic (exact) mass is 587 g/mol. The molecule has 9 heteroatoms. The number of aryl methyl sites for hydroxylation is 1. The van der Waals surface area contributed by atoms with Gasteiger partial charge in [0.15, 0.2) is 17.6 Å². The van der Waals surface area contributed by atoms with Crippen LogP contribution >= 0.6 is 11.6 Å². The molecular formula is C33H38ClN5O3. The van der Waals surface area contributed by atoms with Gasteiger partial charge in [0.25, 0.3) is 5.91 Å². The van der Waals surface area contributed by atoms with Crippen molar-refractivity contribution in [1.82, 2.24) is 19.8 Å². The van der Waals surface area contributed by atoms with Crippen molar-refractivity contribution in [3.8, 4) is 22.9 Å². The van der Waals surface area contributed by atoms with E-state index in [4.69, 9.17) is 26.5 Å². The number of H-pyrrole nitrogens is 1. The Morgan fingerprint density at radius 3 is 2.57 bits per heavy atom. The van der Waals surface area contributed by atoms with Gasteiger partial charge in [-0.15, -0.1) is 9.73 Å². The van der Waals surface area contributed by atoms with Crippen molar-refractivity contribution >= 4 is 28.8 Å². The van der Waals surface area contributed by atoms with Crippen LogP contribution in [0.15, 0.2) is 42.5 Å². The molecule has 1 amide bonds. The minimum atomic E-state index is -0.731. The average molecular weight is 588 g/mol. The quantitative estimate of drug-likeness (QED) is 0.191. The van der Waals surface area contributed by atoms with E-state index in [1.54, 1.807) is 23.7 Å². The van der Waals surface area contributed by atoms with Crippen LogP contribution in [0.4, 0.5) is 5.69 Å². The third-order valence-electron chi connectivity index (χ3n) is 9.72. The molecule has 1 atom stereocenters. The normalized spacial score (nSPS) is 25.2. The number of carbonyl (C=O) groups excluding carboxylic acids is 1. The summed E-state index contributed by atoms with van der Waals surface area (Å²) in [5.74, 6) is 3.61. The number of nitrogens with zero attached hydrogens (tertiary/aromatic N) is 3. The Labute approximate surface area is 250 Å². The highest BCUT2D eigenvalue weighted by molar-refractivity contribution is 6.34. The molecule has 1 unspecified atom stereocenters. The van der Waals surface area contributed by atoms with Gasteiger partial charge in [-0.25, -0.2) is 0 Å². The number of halogens is 1. The van der Waals surface area contributed by atoms with E-state index in [1.165, 1.54) is 38.5 Å². The Morgan fingerprint density at radius 2 is 1.88 bits per heavy atom. The number of hydrogen-bond acceptors (Lipinski definition) is 5. The molecule has 0 spiro atoms. The number of anilines is 1. The summed E-state index contributed by atoms with van der Waals surface area (Å²) >= 11 is 7.00. The molecule has 4 fully saturated rings. The van der Waals surface area contributed by atoms with Crippen LogP contribution in [0.5, 0.6) is 11.5 Å². The van der Waals surface area contributed by atoms with Crippen LogP contribution in [-0.2, 0) is 16.6 Å². The number of aromatic nitrogens is 4. The number of rotatable bonds is 9. The van der Waals surface area contributed by atoms with Gasteiger partial charge in [0.05, 0.1) is 5.69 Å². The first kappa shape index (κ1) is 27.3. The molecule has 4 aliphatic carbocycles. The Morgan fingerprint density at radius 1 is 1.14 bits per heavy atom. The highest BCUT2D eigenvalue weighted by Gasteiger charge is 2.53. The molecule has 2 aromatic carbocycles. The van der Waals surface area contributed by atoms with E-state index in [0.29, 0.717) is 22.3 Å². The fraction of sp³-hybridized carbons (Fsp3) is 0.485. The molecule has 0 radical (unpaired) electrons. The minimum absolute atomic E-state index is 0.0979. The summed E-state index contributed by atoms with van der Waals surface area (Å²) in [7, 11) is 0. The zero-order valence-electron chi connectivity index (χ0n) is 24.2. The van der Waals surface area contributed by atoms with Gasteiger partial charge in [-0.05, 0) is 112 Å². The van der Waals surface area contributed by atoms with Crippen LogP contribution in [0.3, 0.4) is 0 Å². The first-order chi connectivity index (χ1) is 20.3. The van der Waals surface area contributed by atoms with Crippen LogP contribution in [0, 0.1) is 17.8 Å². The Kier molecular flexibility index (Phi) is 6.92. The summed E-state index contributed by atoms with van der Waals surface area (Å²) in [5, 5.41) is 23.5. The highest BCUT2D eigenvalue weighted by Crippen LogP contribution is 2.61. The molecule has 0 aliphatic heterocycles. The second kappa shape index (κ2) is 10.6. The van der Waals surface area contributed by atoms with Crippen molar-refractivity contribution in [2.75, 3.05) is 5.32 Å². The second-order valence-electron chi connectivity index (χ2n) is 12.9. The predicted molar refractivity (Wildman–Crippen MR) is 163 cm³/mol. The largest absolute Gasteiger partial charge is 0.508 e. The molecule has 8 nitrogen and oxygen atoms in total. The maximum absolute atomic E-state index is 13.0. The average Bonchev–Trinajstić information content (AvgIpc) is 3.52. The van der Waals surface area contributed by atoms with E-state index >= 15 is 0 Å². The smallest absolute Gasteiger partial charge is 0.265 e. The number of carbonyl (C=O) groups is 1. The SMILES string of the molecule is CCCCc1cc(OC(C)C(=O)Nc2cccc(-c3nn4nc(C56CC7CC(CC(C7)C5)C6)c(Cl)c4[nH]3)c2)ccc1O. The number of benzene rings is 2. The topological polar surface area (TPSA) is 105 Å². The number of aromatic hydroxyl groups is 1. The highest BCUT2D eigenvalue weighted by atomic mass is 35.5. The van der Waals surface area contributed by atoms with Gasteiger partial charge in [0.2, 0.25) is 0 Å². The zero-order valence-corrected chi connectivity index (χ0v) is 25.0. The first-order valence-electron chi connectivity index (χ1n) is 15.3. The number of phenols is 1. The van der Waals surface area contributed by atoms with E-state index < -0.39 is 6.10 Å². The molecule has 3 N–H and O–H groups in total. The van der Waals surface area contributed by atoms with Crippen LogP contribution in [0.25, 0.3) is 17.0 Å². The summed E-state index contributed by atoms with van der Waals surface area (Å²) < 4.78 is 7.56. The van der Waals surface area contributed by atoms with Gasteiger partial charge in [-0.3, -0.25) is 4.79 Å². The van der Waals surface area contributed by atoms with E-state index in [-0.39, 0.29) is 17.1 Å². The molecule has 4 aromatic rings. The molecule has 4 bridgehead atoms. The fourth-order valence-corrected chi connectivity index (χ4v) is 8.48. The molecule has 8 rings (SSSR count). The summed E-state index contributed by atoms with van der Waals surface area (Å²) in [4.78, 5) is 16.4. The van der Waals surface area contributed by atoms with E-state index in [2.05, 4.69) is 17.2 Å². The Balaban J connectivity index is 1.06. The molecule has 4 saturated carbocycles. The lowest BCUT2D eigenvalue weighted by molar-refractivity contribution is -0.122. The minimum Gasteiger partial charge on any atom is -0.508 e. The first-order valence-corrected chi connectivity index (χ1v) is 15.7. The lowest BCUT2D eigenvalue weighted by Gasteiger charge is -2.56. The number of amides is 1. The number of hydrogen-bond donors (Lipinski definition) is 3. The molecule has 2 heterocycles. The third kappa shape index (κ3) is 4.93. The third-order valence-corrected chi connectivity index (χ3v) is 10.1. The zero-order chi connectivity index (χ0) is 29.0. The van der Waals surface area contributed by atoms with Gasteiger partial charge < -0.3 is 20.1 Å². The van der Waals surface area contributed by atoms with Gasteiger partial charge in [-0.2, -0.15) is 5.10 Å². The number of phenolic OH excluding ortho intramolecular Hbond substituents is 1. The number of unbranched alkanes of at least 4 members (excludes halogenated alkanes) is 1. The van der Waals surface area contributed by atoms with Crippen LogP contribution in [0.1, 0.15) is 76.5 Å². The van der Waals surface area contributed by atoms with Crippen molar-refractivity contribution in [2.45, 2.75) is 83.2 Å². The predicted octanol–water partition coefficient (Wildman–Crippen LogP) is 7.30. The number of nitrogens with one attached hydrogen (secondary N) is 2. The molecule has 0 saturated heterocycles. The van der Waals surface area contributed by atoms with E-state index in [0.717, 1.165) is 59.5 Å². The molecule has 2 aromatic heterocycles. The molecule has 42 heavy (non-hydrogen) atoms. The Hall–Kier alpha value is -3.52. The lowest BCUT2D eigenvalue weighted by Crippen LogP contribution is -2.48. The van der Waals surface area contributed by atoms with Gasteiger partial charge in [-0.1, -0.05) is 37.1 Å². The summed E-state index contributed by atoms with van der Waals surface area (Å²) in [6.07, 6.45) is 9.75. The van der Waals surface area contributed by atoms with Crippen molar-refractivity contribution in [1.29, 1.82) is 0 Å². The molecular weight excluding hydrogens is 550 g/mol. The number of ether oxygens (including phenoxy) is 1. The summed E-state index contributed by atoms with van der Waals surface area (Å²) in [6.45, 7) is 3.82. The van der Waals surface area contributed by atoms with Crippen molar-refractivity contribution in [3.63, 3.8) is 0 Å². The van der Waals surface area contributed by atoms with Crippen molar-refractivity contribution < 1.29 is 14.6 Å². The lowest BCUT2D eigenvalue weighted by atomic mass is 9.49. The summed E-state index contributed by atoms with van der Waals surface area (Å²) in [6, 6.07) is 12.6. The maximum Gasteiger partial charge on any atom is 0.265 e. The van der Waals surface area contributed by atoms with Crippen LogP contribution in [-0.4, -0.2) is 36.9 Å². The standard InChI is InChI=1S/C33H38ClN5O3/c1-3-4-6-23-15-26(9-10-27(23)40)42-19(2)32(41)35-25-8-5-7-24(14-25)30-36-31-28(34)29(37-39(31)38-30)33-16-20-11-21(17-33)13-22(12-20)18-33/h5,7-10,14-15,19-22,40H,3-4,6,11-13,16-18H2,1-2H3,(H,35,41)(H,36,38). The van der Waals surface area contributed by atoms with E-state index in [9.17, 15) is 9.90 Å². The maximum atomic E-state index is 13.0. The second-order valence-corrected chi connectivity index (χ2v) is 13.3. The van der Waals surface area contributed by atoms with Gasteiger partial charge in [0.1, 0.15) is 16.5 Å². The molecule has 4 aliphatic rings.